The van der Waals surface area contributed by atoms with E-state index in [1.54, 1.807) is 25.1 Å². The lowest BCUT2D eigenvalue weighted by Crippen LogP contribution is -1.93. The van der Waals surface area contributed by atoms with E-state index in [2.05, 4.69) is 15.2 Å². The highest BCUT2D eigenvalue weighted by atomic mass is 19.1. The lowest BCUT2D eigenvalue weighted by molar-refractivity contribution is 0.527. The highest BCUT2D eigenvalue weighted by molar-refractivity contribution is 6.02. The first-order chi connectivity index (χ1) is 11.5. The number of hydrogen-bond donors (Lipinski definition) is 2. The Bertz CT molecular complexity index is 1110. The topological polar surface area (TPSA) is 74.7 Å². The third-order valence-electron chi connectivity index (χ3n) is 3.79. The fourth-order valence-corrected chi connectivity index (χ4v) is 2.78. The van der Waals surface area contributed by atoms with Crippen molar-refractivity contribution in [3.8, 4) is 22.7 Å². The van der Waals surface area contributed by atoms with E-state index in [1.807, 2.05) is 0 Å². The number of nitrogens with one attached hydrogen (secondary N) is 2. The van der Waals surface area contributed by atoms with Crippen molar-refractivity contribution in [3.05, 3.63) is 64.1 Å². The van der Waals surface area contributed by atoms with Crippen LogP contribution in [0.5, 0.6) is 0 Å². The molecular formula is C17H11F2N3O2. The summed E-state index contributed by atoms with van der Waals surface area (Å²) in [5.74, 6) is -1.49. The monoisotopic (exact) mass is 327 g/mol. The minimum atomic E-state index is -0.711. The molecule has 0 aliphatic heterocycles. The van der Waals surface area contributed by atoms with Gasteiger partial charge in [0.2, 0.25) is 0 Å². The quantitative estimate of drug-likeness (QED) is 0.588. The summed E-state index contributed by atoms with van der Waals surface area (Å²) >= 11 is 0. The fraction of sp³-hybridized carbons (Fsp3) is 0.0588. The van der Waals surface area contributed by atoms with Crippen LogP contribution < -0.4 is 5.76 Å². The average Bonchev–Trinajstić information content (AvgIpc) is 3.11. The summed E-state index contributed by atoms with van der Waals surface area (Å²) in [6, 6.07) is 8.88. The second-order valence-corrected chi connectivity index (χ2v) is 5.47. The molecule has 24 heavy (non-hydrogen) atoms. The SMILES string of the molecule is Cc1cc(F)c2[nH]c(-c3ccc(F)cc3)c(-c3n[nH]c(=O)o3)c2c1. The number of benzene rings is 2. The van der Waals surface area contributed by atoms with Crippen LogP contribution >= 0.6 is 0 Å². The molecule has 0 radical (unpaired) electrons. The van der Waals surface area contributed by atoms with Crippen LogP contribution in [0.2, 0.25) is 0 Å². The molecule has 0 bridgehead atoms. The molecule has 2 heterocycles. The molecule has 0 unspecified atom stereocenters. The van der Waals surface area contributed by atoms with Crippen molar-refractivity contribution in [2.75, 3.05) is 0 Å². The number of aryl methyl sites for hydroxylation is 1. The van der Waals surface area contributed by atoms with Gasteiger partial charge in [-0.05, 0) is 54.4 Å². The Kier molecular flexibility index (Phi) is 3.09. The third-order valence-corrected chi connectivity index (χ3v) is 3.79. The van der Waals surface area contributed by atoms with Crippen molar-refractivity contribution >= 4 is 10.9 Å². The predicted octanol–water partition coefficient (Wildman–Crippen LogP) is 3.76. The molecule has 0 fully saturated rings. The largest absolute Gasteiger partial charge is 0.434 e. The van der Waals surface area contributed by atoms with Crippen molar-refractivity contribution < 1.29 is 13.2 Å². The summed E-state index contributed by atoms with van der Waals surface area (Å²) in [5, 5.41) is 6.58. The minimum absolute atomic E-state index is 0.0376. The predicted molar refractivity (Wildman–Crippen MR) is 84.5 cm³/mol. The highest BCUT2D eigenvalue weighted by Gasteiger charge is 2.21. The second-order valence-electron chi connectivity index (χ2n) is 5.47. The molecular weight excluding hydrogens is 316 g/mol. The van der Waals surface area contributed by atoms with Crippen molar-refractivity contribution in [2.45, 2.75) is 6.92 Å². The van der Waals surface area contributed by atoms with Gasteiger partial charge in [0.05, 0.1) is 16.8 Å². The van der Waals surface area contributed by atoms with Crippen molar-refractivity contribution in [2.24, 2.45) is 0 Å². The molecule has 0 atom stereocenters. The standard InChI is InChI=1S/C17H11F2N3O2/c1-8-6-11-13(16-21-22-17(23)24-16)14(20-15(11)12(19)7-8)9-2-4-10(18)5-3-9/h2-7,20H,1H3,(H,22,23). The van der Waals surface area contributed by atoms with Crippen LogP contribution in [-0.2, 0) is 0 Å². The zero-order valence-electron chi connectivity index (χ0n) is 12.5. The summed E-state index contributed by atoms with van der Waals surface area (Å²) in [4.78, 5) is 14.3. The van der Waals surface area contributed by atoms with Crippen molar-refractivity contribution in [1.82, 2.24) is 15.2 Å². The van der Waals surface area contributed by atoms with Crippen LogP contribution in [0.1, 0.15) is 5.56 Å². The van der Waals surface area contributed by atoms with Gasteiger partial charge in [0.1, 0.15) is 11.6 Å². The van der Waals surface area contributed by atoms with Gasteiger partial charge >= 0.3 is 5.76 Å². The Labute approximate surface area is 133 Å². The lowest BCUT2D eigenvalue weighted by atomic mass is 10.0. The summed E-state index contributed by atoms with van der Waals surface area (Å²) in [5.41, 5.74) is 2.52. The number of fused-ring (bicyclic) bond motifs is 1. The first kappa shape index (κ1) is 14.4. The van der Waals surface area contributed by atoms with Crippen molar-refractivity contribution in [3.63, 3.8) is 0 Å². The molecule has 4 aromatic rings. The van der Waals surface area contributed by atoms with Crippen LogP contribution in [0.3, 0.4) is 0 Å². The molecule has 7 heteroatoms. The summed E-state index contributed by atoms with van der Waals surface area (Å²) in [6.07, 6.45) is 0. The number of nitrogens with zero attached hydrogens (tertiary/aromatic N) is 1. The number of aromatic amines is 2. The van der Waals surface area contributed by atoms with E-state index in [0.29, 0.717) is 27.8 Å². The first-order valence-electron chi connectivity index (χ1n) is 7.16. The molecule has 0 saturated heterocycles. The molecule has 0 spiro atoms. The molecule has 0 amide bonds. The van der Waals surface area contributed by atoms with E-state index in [9.17, 15) is 13.6 Å². The van der Waals surface area contributed by atoms with E-state index >= 15 is 0 Å². The molecule has 0 aliphatic carbocycles. The minimum Gasteiger partial charge on any atom is -0.388 e. The van der Waals surface area contributed by atoms with Crippen LogP contribution in [-0.4, -0.2) is 15.2 Å². The molecule has 0 saturated carbocycles. The number of aromatic nitrogens is 3. The van der Waals surface area contributed by atoms with Gasteiger partial charge in [-0.15, -0.1) is 5.10 Å². The third kappa shape index (κ3) is 2.21. The maximum Gasteiger partial charge on any atom is 0.434 e. The Balaban J connectivity index is 2.10. The molecule has 0 aliphatic rings. The van der Waals surface area contributed by atoms with E-state index in [-0.39, 0.29) is 17.2 Å². The number of halogens is 2. The summed E-state index contributed by atoms with van der Waals surface area (Å²) in [6.45, 7) is 1.76. The van der Waals surface area contributed by atoms with Gasteiger partial charge < -0.3 is 9.40 Å². The average molecular weight is 327 g/mol. The first-order valence-corrected chi connectivity index (χ1v) is 7.16. The Morgan fingerprint density at radius 3 is 2.54 bits per heavy atom. The Morgan fingerprint density at radius 1 is 1.12 bits per heavy atom. The maximum absolute atomic E-state index is 14.3. The summed E-state index contributed by atoms with van der Waals surface area (Å²) in [7, 11) is 0. The van der Waals surface area contributed by atoms with Crippen LogP contribution in [0, 0.1) is 18.6 Å². The Morgan fingerprint density at radius 2 is 1.88 bits per heavy atom. The fourth-order valence-electron chi connectivity index (χ4n) is 2.78. The number of H-pyrrole nitrogens is 2. The van der Waals surface area contributed by atoms with Crippen LogP contribution in [0.15, 0.2) is 45.6 Å². The Hall–Kier alpha value is -3.22. The smallest absolute Gasteiger partial charge is 0.388 e. The van der Waals surface area contributed by atoms with Gasteiger partial charge in [-0.3, -0.25) is 0 Å². The zero-order chi connectivity index (χ0) is 16.8. The zero-order valence-corrected chi connectivity index (χ0v) is 12.5. The molecule has 4 rings (SSSR count). The van der Waals surface area contributed by atoms with Gasteiger partial charge in [-0.2, -0.15) is 0 Å². The van der Waals surface area contributed by atoms with E-state index < -0.39 is 11.6 Å². The van der Waals surface area contributed by atoms with E-state index in [4.69, 9.17) is 4.42 Å². The van der Waals surface area contributed by atoms with E-state index in [0.717, 1.165) is 0 Å². The lowest BCUT2D eigenvalue weighted by Gasteiger charge is -2.01. The van der Waals surface area contributed by atoms with Gasteiger partial charge in [0.15, 0.2) is 0 Å². The summed E-state index contributed by atoms with van der Waals surface area (Å²) < 4.78 is 32.6. The van der Waals surface area contributed by atoms with Crippen molar-refractivity contribution in [1.29, 1.82) is 0 Å². The normalized spacial score (nSPS) is 11.3. The second kappa shape index (κ2) is 5.16. The van der Waals surface area contributed by atoms with Gasteiger partial charge in [-0.1, -0.05) is 0 Å². The molecule has 2 N–H and O–H groups in total. The van der Waals surface area contributed by atoms with Gasteiger partial charge in [-0.25, -0.2) is 18.7 Å². The van der Waals surface area contributed by atoms with E-state index in [1.165, 1.54) is 18.2 Å². The van der Waals surface area contributed by atoms with Crippen LogP contribution in [0.25, 0.3) is 33.6 Å². The van der Waals surface area contributed by atoms with Gasteiger partial charge in [0.25, 0.3) is 5.89 Å². The number of hydrogen-bond acceptors (Lipinski definition) is 3. The van der Waals surface area contributed by atoms with Gasteiger partial charge in [0, 0.05) is 5.39 Å². The molecule has 2 aromatic carbocycles. The molecule has 120 valence electrons. The number of rotatable bonds is 2. The van der Waals surface area contributed by atoms with Crippen LogP contribution in [0.4, 0.5) is 8.78 Å². The molecule has 2 aromatic heterocycles. The molecule has 5 nitrogen and oxygen atoms in total. The highest BCUT2D eigenvalue weighted by Crippen LogP contribution is 2.38. The maximum atomic E-state index is 14.3.